The van der Waals surface area contributed by atoms with Crippen molar-refractivity contribution in [2.75, 3.05) is 0 Å². The molecule has 0 aliphatic rings. The topological polar surface area (TPSA) is 17.1 Å². The molecule has 0 aromatic carbocycles. The van der Waals surface area contributed by atoms with Gasteiger partial charge in [0.1, 0.15) is 5.78 Å². The number of carbonyl (C=O) groups is 1. The zero-order valence-corrected chi connectivity index (χ0v) is 22.9. The molecule has 1 unspecified atom stereocenters. The van der Waals surface area contributed by atoms with Crippen LogP contribution in [0.4, 0.5) is 0 Å². The molecule has 0 saturated carbocycles. The standard InChI is InChI=1S/C31H62O/c1-4-6-8-10-12-14-16-18-20-22-24-26-28-30(3)31(32)29-27-25-23-21-19-17-15-13-11-9-7-5-2/h30H,4-29H2,1-3H3. The average molecular weight is 451 g/mol. The van der Waals surface area contributed by atoms with Crippen molar-refractivity contribution in [3.63, 3.8) is 0 Å². The summed E-state index contributed by atoms with van der Waals surface area (Å²) in [5, 5.41) is 0. The quantitative estimate of drug-likeness (QED) is 0.114. The maximum atomic E-state index is 12.4. The van der Waals surface area contributed by atoms with Crippen molar-refractivity contribution in [3.8, 4) is 0 Å². The predicted octanol–water partition coefficient (Wildman–Crippen LogP) is 11.4. The molecule has 0 amide bonds. The lowest BCUT2D eigenvalue weighted by molar-refractivity contribution is -0.122. The van der Waals surface area contributed by atoms with E-state index in [0.717, 1.165) is 19.3 Å². The van der Waals surface area contributed by atoms with Gasteiger partial charge in [-0.05, 0) is 12.8 Å². The largest absolute Gasteiger partial charge is 0.299 e. The van der Waals surface area contributed by atoms with E-state index in [-0.39, 0.29) is 0 Å². The van der Waals surface area contributed by atoms with E-state index in [4.69, 9.17) is 0 Å². The molecule has 0 aromatic rings. The Kier molecular flexibility index (Phi) is 26.6. The smallest absolute Gasteiger partial charge is 0.135 e. The number of ketones is 1. The summed E-state index contributed by atoms with van der Waals surface area (Å²) >= 11 is 0. The average Bonchev–Trinajstić information content (AvgIpc) is 2.80. The van der Waals surface area contributed by atoms with Gasteiger partial charge in [-0.3, -0.25) is 4.79 Å². The molecule has 0 saturated heterocycles. The highest BCUT2D eigenvalue weighted by Gasteiger charge is 2.11. The molecule has 1 nitrogen and oxygen atoms in total. The minimum absolute atomic E-state index is 0.297. The number of rotatable bonds is 27. The number of Topliss-reactive ketones (excluding diaryl/α,β-unsaturated/α-hetero) is 1. The molecule has 0 N–H and O–H groups in total. The van der Waals surface area contributed by atoms with Crippen LogP contribution >= 0.6 is 0 Å². The van der Waals surface area contributed by atoms with E-state index in [2.05, 4.69) is 20.8 Å². The molecule has 0 fully saturated rings. The van der Waals surface area contributed by atoms with Gasteiger partial charge in [-0.15, -0.1) is 0 Å². The lowest BCUT2D eigenvalue weighted by atomic mass is 9.94. The summed E-state index contributed by atoms with van der Waals surface area (Å²) in [4.78, 5) is 12.4. The van der Waals surface area contributed by atoms with Gasteiger partial charge in [0.25, 0.3) is 0 Å². The van der Waals surface area contributed by atoms with Crippen LogP contribution in [0.2, 0.25) is 0 Å². The molecule has 0 spiro atoms. The monoisotopic (exact) mass is 450 g/mol. The molecule has 0 bridgehead atoms. The first kappa shape index (κ1) is 31.7. The molecule has 1 atom stereocenters. The van der Waals surface area contributed by atoms with Crippen LogP contribution in [0.15, 0.2) is 0 Å². The summed E-state index contributed by atoms with van der Waals surface area (Å²) in [6.07, 6.45) is 35.1. The molecule has 0 heterocycles. The summed E-state index contributed by atoms with van der Waals surface area (Å²) in [5.41, 5.74) is 0. The fourth-order valence-electron chi connectivity index (χ4n) is 4.84. The molecule has 192 valence electrons. The van der Waals surface area contributed by atoms with E-state index >= 15 is 0 Å². The van der Waals surface area contributed by atoms with E-state index in [1.54, 1.807) is 0 Å². The number of hydrogen-bond donors (Lipinski definition) is 0. The van der Waals surface area contributed by atoms with Crippen molar-refractivity contribution in [3.05, 3.63) is 0 Å². The van der Waals surface area contributed by atoms with Crippen LogP contribution in [0.25, 0.3) is 0 Å². The number of unbranched alkanes of at least 4 members (excludes halogenated alkanes) is 22. The normalized spacial score (nSPS) is 12.3. The Hall–Kier alpha value is -0.330. The first-order valence-electron chi connectivity index (χ1n) is 15.2. The van der Waals surface area contributed by atoms with E-state index < -0.39 is 0 Å². The third kappa shape index (κ3) is 24.3. The van der Waals surface area contributed by atoms with Gasteiger partial charge >= 0.3 is 0 Å². The molecular weight excluding hydrogens is 388 g/mol. The van der Waals surface area contributed by atoms with Crippen molar-refractivity contribution in [1.29, 1.82) is 0 Å². The SMILES string of the molecule is CCCCCCCCCCCCCCC(=O)C(C)CCCCCCCCCCCCCC. The Morgan fingerprint density at radius 2 is 0.719 bits per heavy atom. The first-order chi connectivity index (χ1) is 15.7. The van der Waals surface area contributed by atoms with Crippen molar-refractivity contribution in [1.82, 2.24) is 0 Å². The maximum Gasteiger partial charge on any atom is 0.135 e. The van der Waals surface area contributed by atoms with Crippen LogP contribution in [-0.2, 0) is 4.79 Å². The number of hydrogen-bond acceptors (Lipinski definition) is 1. The Morgan fingerprint density at radius 1 is 0.438 bits per heavy atom. The van der Waals surface area contributed by atoms with Crippen LogP contribution in [0.3, 0.4) is 0 Å². The highest BCUT2D eigenvalue weighted by atomic mass is 16.1. The van der Waals surface area contributed by atoms with Crippen LogP contribution in [0.1, 0.15) is 188 Å². The first-order valence-corrected chi connectivity index (χ1v) is 15.2. The van der Waals surface area contributed by atoms with Crippen LogP contribution in [0.5, 0.6) is 0 Å². The van der Waals surface area contributed by atoms with Gasteiger partial charge in [-0.1, -0.05) is 168 Å². The molecule has 0 aliphatic heterocycles. The Morgan fingerprint density at radius 3 is 1.06 bits per heavy atom. The molecule has 0 aliphatic carbocycles. The van der Waals surface area contributed by atoms with Crippen LogP contribution < -0.4 is 0 Å². The molecule has 0 radical (unpaired) electrons. The Balaban J connectivity index is 3.29. The van der Waals surface area contributed by atoms with Gasteiger partial charge < -0.3 is 0 Å². The highest BCUT2D eigenvalue weighted by Crippen LogP contribution is 2.17. The third-order valence-electron chi connectivity index (χ3n) is 7.32. The second-order valence-corrected chi connectivity index (χ2v) is 10.7. The summed E-state index contributed by atoms with van der Waals surface area (Å²) in [6, 6.07) is 0. The predicted molar refractivity (Wildman–Crippen MR) is 146 cm³/mol. The Bertz CT molecular complexity index is 361. The summed E-state index contributed by atoms with van der Waals surface area (Å²) in [7, 11) is 0. The zero-order valence-electron chi connectivity index (χ0n) is 22.9. The molecular formula is C31H62O. The fraction of sp³-hybridized carbons (Fsp3) is 0.968. The van der Waals surface area contributed by atoms with E-state index in [1.165, 1.54) is 148 Å². The second kappa shape index (κ2) is 26.9. The summed E-state index contributed by atoms with van der Waals surface area (Å²) < 4.78 is 0. The molecule has 1 heteroatoms. The summed E-state index contributed by atoms with van der Waals surface area (Å²) in [6.45, 7) is 6.74. The van der Waals surface area contributed by atoms with Gasteiger partial charge in [0.2, 0.25) is 0 Å². The zero-order chi connectivity index (χ0) is 23.5. The van der Waals surface area contributed by atoms with Crippen LogP contribution in [-0.4, -0.2) is 5.78 Å². The van der Waals surface area contributed by atoms with Gasteiger partial charge in [-0.25, -0.2) is 0 Å². The highest BCUT2D eigenvalue weighted by molar-refractivity contribution is 5.80. The van der Waals surface area contributed by atoms with Crippen molar-refractivity contribution < 1.29 is 4.79 Å². The molecule has 0 rings (SSSR count). The maximum absolute atomic E-state index is 12.4. The summed E-state index contributed by atoms with van der Waals surface area (Å²) in [5.74, 6) is 0.825. The van der Waals surface area contributed by atoms with E-state index in [0.29, 0.717) is 11.7 Å². The van der Waals surface area contributed by atoms with Gasteiger partial charge in [0.15, 0.2) is 0 Å². The van der Waals surface area contributed by atoms with E-state index in [9.17, 15) is 4.79 Å². The third-order valence-corrected chi connectivity index (χ3v) is 7.32. The van der Waals surface area contributed by atoms with E-state index in [1.807, 2.05) is 0 Å². The van der Waals surface area contributed by atoms with Gasteiger partial charge in [-0.2, -0.15) is 0 Å². The van der Waals surface area contributed by atoms with Crippen molar-refractivity contribution in [2.24, 2.45) is 5.92 Å². The van der Waals surface area contributed by atoms with Gasteiger partial charge in [0.05, 0.1) is 0 Å². The molecule has 32 heavy (non-hydrogen) atoms. The van der Waals surface area contributed by atoms with Crippen molar-refractivity contribution >= 4 is 5.78 Å². The lowest BCUT2D eigenvalue weighted by Gasteiger charge is -2.10. The number of carbonyl (C=O) groups excluding carboxylic acids is 1. The lowest BCUT2D eigenvalue weighted by Crippen LogP contribution is -2.10. The fourth-order valence-corrected chi connectivity index (χ4v) is 4.84. The second-order valence-electron chi connectivity index (χ2n) is 10.7. The Labute approximate surface area is 204 Å². The van der Waals surface area contributed by atoms with Crippen LogP contribution in [0, 0.1) is 5.92 Å². The van der Waals surface area contributed by atoms with Gasteiger partial charge in [0, 0.05) is 12.3 Å². The minimum atomic E-state index is 0.297. The van der Waals surface area contributed by atoms with Crippen molar-refractivity contribution in [2.45, 2.75) is 188 Å². The molecule has 0 aromatic heterocycles. The minimum Gasteiger partial charge on any atom is -0.299 e.